The molecule has 1 rings (SSSR count). The Morgan fingerprint density at radius 1 is 1.15 bits per heavy atom. The van der Waals surface area contributed by atoms with Gasteiger partial charge in [0.15, 0.2) is 0 Å². The van der Waals surface area contributed by atoms with Crippen LogP contribution in [0.15, 0.2) is 30.3 Å². The van der Waals surface area contributed by atoms with E-state index in [2.05, 4.69) is 10.6 Å². The summed E-state index contributed by atoms with van der Waals surface area (Å²) >= 11 is 0. The number of carbonyl (C=O) groups is 2. The minimum atomic E-state index is -0.193. The summed E-state index contributed by atoms with van der Waals surface area (Å²) in [6.45, 7) is 2.42. The van der Waals surface area contributed by atoms with E-state index in [1.165, 1.54) is 0 Å². The van der Waals surface area contributed by atoms with Crippen molar-refractivity contribution in [2.24, 2.45) is 5.73 Å². The van der Waals surface area contributed by atoms with Crippen molar-refractivity contribution in [2.75, 3.05) is 13.1 Å². The van der Waals surface area contributed by atoms with E-state index >= 15 is 0 Å². The maximum absolute atomic E-state index is 11.6. The van der Waals surface area contributed by atoms with Gasteiger partial charge in [-0.15, -0.1) is 12.4 Å². The summed E-state index contributed by atoms with van der Waals surface area (Å²) in [6, 6.07) is 9.47. The first-order valence-electron chi connectivity index (χ1n) is 6.41. The average molecular weight is 300 g/mol. The highest BCUT2D eigenvalue weighted by atomic mass is 35.5. The molecule has 0 spiro atoms. The van der Waals surface area contributed by atoms with Crippen molar-refractivity contribution in [1.29, 1.82) is 0 Å². The first-order chi connectivity index (χ1) is 9.08. The Kier molecular flexibility index (Phi) is 9.41. The Hall–Kier alpha value is -1.59. The van der Waals surface area contributed by atoms with Crippen LogP contribution in [0.4, 0.5) is 0 Å². The van der Waals surface area contributed by atoms with Gasteiger partial charge in [0.2, 0.25) is 11.8 Å². The van der Waals surface area contributed by atoms with Gasteiger partial charge in [-0.2, -0.15) is 0 Å². The fraction of sp³-hybridized carbons (Fsp3) is 0.429. The lowest BCUT2D eigenvalue weighted by molar-refractivity contribution is -0.125. The molecule has 0 radical (unpaired) electrons. The minimum absolute atomic E-state index is 0. The monoisotopic (exact) mass is 299 g/mol. The lowest BCUT2D eigenvalue weighted by Crippen LogP contribution is -2.38. The third kappa shape index (κ3) is 8.50. The third-order valence-corrected chi connectivity index (χ3v) is 2.58. The molecule has 0 aliphatic heterocycles. The minimum Gasteiger partial charge on any atom is -0.355 e. The van der Waals surface area contributed by atoms with E-state index in [1.807, 2.05) is 37.3 Å². The summed E-state index contributed by atoms with van der Waals surface area (Å²) in [5, 5.41) is 5.29. The van der Waals surface area contributed by atoms with E-state index in [9.17, 15) is 9.59 Å². The second-order valence-electron chi connectivity index (χ2n) is 4.56. The zero-order chi connectivity index (χ0) is 14.1. The molecule has 1 atom stereocenters. The molecule has 1 unspecified atom stereocenters. The van der Waals surface area contributed by atoms with Crippen LogP contribution in [0.1, 0.15) is 18.9 Å². The van der Waals surface area contributed by atoms with Crippen LogP contribution in [0.5, 0.6) is 0 Å². The number of carbonyl (C=O) groups excluding carboxylic acids is 2. The molecule has 6 heteroatoms. The first-order valence-corrected chi connectivity index (χ1v) is 6.41. The molecule has 0 aromatic heterocycles. The molecule has 0 bridgehead atoms. The zero-order valence-electron chi connectivity index (χ0n) is 11.6. The number of rotatable bonds is 7. The number of nitrogens with one attached hydrogen (secondary N) is 2. The number of hydrogen-bond acceptors (Lipinski definition) is 3. The van der Waals surface area contributed by atoms with Crippen LogP contribution in [0.3, 0.4) is 0 Å². The van der Waals surface area contributed by atoms with E-state index in [0.717, 1.165) is 12.0 Å². The van der Waals surface area contributed by atoms with Crippen molar-refractivity contribution in [3.63, 3.8) is 0 Å². The molecule has 112 valence electrons. The maximum Gasteiger partial charge on any atom is 0.239 e. The van der Waals surface area contributed by atoms with E-state index in [-0.39, 0.29) is 43.2 Å². The summed E-state index contributed by atoms with van der Waals surface area (Å²) in [5.74, 6) is -0.351. The lowest BCUT2D eigenvalue weighted by atomic mass is 10.1. The molecule has 20 heavy (non-hydrogen) atoms. The highest BCUT2D eigenvalue weighted by Gasteiger charge is 2.06. The zero-order valence-corrected chi connectivity index (χ0v) is 12.4. The Bertz CT molecular complexity index is 410. The smallest absolute Gasteiger partial charge is 0.239 e. The Labute approximate surface area is 125 Å². The molecule has 0 heterocycles. The lowest BCUT2D eigenvalue weighted by Gasteiger charge is -2.08. The SMILES string of the molecule is CC(N)CCNC(=O)CNC(=O)Cc1ccccc1.Cl. The largest absolute Gasteiger partial charge is 0.355 e. The molecule has 0 saturated heterocycles. The number of benzene rings is 1. The highest BCUT2D eigenvalue weighted by Crippen LogP contribution is 1.98. The molecule has 5 nitrogen and oxygen atoms in total. The van der Waals surface area contributed by atoms with Crippen LogP contribution < -0.4 is 16.4 Å². The Balaban J connectivity index is 0.00000361. The van der Waals surface area contributed by atoms with Gasteiger partial charge in [0.1, 0.15) is 0 Å². The summed E-state index contributed by atoms with van der Waals surface area (Å²) in [5.41, 5.74) is 6.49. The third-order valence-electron chi connectivity index (χ3n) is 2.58. The quantitative estimate of drug-likeness (QED) is 0.690. The van der Waals surface area contributed by atoms with Gasteiger partial charge in [-0.1, -0.05) is 30.3 Å². The molecular weight excluding hydrogens is 278 g/mol. The molecule has 0 aliphatic carbocycles. The van der Waals surface area contributed by atoms with Gasteiger partial charge in [0.05, 0.1) is 13.0 Å². The maximum atomic E-state index is 11.6. The van der Waals surface area contributed by atoms with Gasteiger partial charge < -0.3 is 16.4 Å². The van der Waals surface area contributed by atoms with Crippen molar-refractivity contribution in [2.45, 2.75) is 25.8 Å². The summed E-state index contributed by atoms with van der Waals surface area (Å²) in [4.78, 5) is 23.0. The molecule has 0 aliphatic rings. The van der Waals surface area contributed by atoms with E-state index in [4.69, 9.17) is 5.73 Å². The first kappa shape index (κ1) is 18.4. The summed E-state index contributed by atoms with van der Waals surface area (Å²) < 4.78 is 0. The van der Waals surface area contributed by atoms with Crippen LogP contribution in [0.2, 0.25) is 0 Å². The van der Waals surface area contributed by atoms with Gasteiger partial charge >= 0.3 is 0 Å². The molecular formula is C14H22ClN3O2. The predicted molar refractivity (Wildman–Crippen MR) is 81.7 cm³/mol. The Morgan fingerprint density at radius 3 is 2.40 bits per heavy atom. The van der Waals surface area contributed by atoms with Gasteiger partial charge in [0.25, 0.3) is 0 Å². The second kappa shape index (κ2) is 10.2. The number of hydrogen-bond donors (Lipinski definition) is 3. The van der Waals surface area contributed by atoms with Crippen LogP contribution in [0.25, 0.3) is 0 Å². The van der Waals surface area contributed by atoms with Crippen LogP contribution >= 0.6 is 12.4 Å². The normalized spacial score (nSPS) is 11.1. The van der Waals surface area contributed by atoms with Gasteiger partial charge in [-0.05, 0) is 18.9 Å². The average Bonchev–Trinajstić information content (AvgIpc) is 2.37. The number of amides is 2. The molecule has 0 saturated carbocycles. The number of halogens is 1. The van der Waals surface area contributed by atoms with Gasteiger partial charge in [-0.25, -0.2) is 0 Å². The molecule has 4 N–H and O–H groups in total. The van der Waals surface area contributed by atoms with Crippen LogP contribution in [0, 0.1) is 0 Å². The Morgan fingerprint density at radius 2 is 1.80 bits per heavy atom. The van der Waals surface area contributed by atoms with E-state index in [0.29, 0.717) is 6.54 Å². The van der Waals surface area contributed by atoms with Crippen molar-refractivity contribution in [1.82, 2.24) is 10.6 Å². The highest BCUT2D eigenvalue weighted by molar-refractivity contribution is 5.85. The summed E-state index contributed by atoms with van der Waals surface area (Å²) in [6.07, 6.45) is 1.01. The van der Waals surface area contributed by atoms with E-state index in [1.54, 1.807) is 0 Å². The fourth-order valence-electron chi connectivity index (χ4n) is 1.52. The van der Waals surface area contributed by atoms with Crippen molar-refractivity contribution >= 4 is 24.2 Å². The fourth-order valence-corrected chi connectivity index (χ4v) is 1.52. The molecule has 1 aromatic rings. The van der Waals surface area contributed by atoms with Crippen LogP contribution in [-0.4, -0.2) is 30.9 Å². The van der Waals surface area contributed by atoms with Crippen molar-refractivity contribution < 1.29 is 9.59 Å². The van der Waals surface area contributed by atoms with Gasteiger partial charge in [-0.3, -0.25) is 9.59 Å². The second-order valence-corrected chi connectivity index (χ2v) is 4.56. The van der Waals surface area contributed by atoms with Crippen molar-refractivity contribution in [3.8, 4) is 0 Å². The standard InChI is InChI=1S/C14H21N3O2.ClH/c1-11(15)7-8-16-14(19)10-17-13(18)9-12-5-3-2-4-6-12;/h2-6,11H,7-10,15H2,1H3,(H,16,19)(H,17,18);1H. The predicted octanol–water partition coefficient (Wildman–Crippen LogP) is 0.621. The molecule has 2 amide bonds. The summed E-state index contributed by atoms with van der Waals surface area (Å²) in [7, 11) is 0. The topological polar surface area (TPSA) is 84.2 Å². The molecule has 0 fully saturated rings. The van der Waals surface area contributed by atoms with Crippen molar-refractivity contribution in [3.05, 3.63) is 35.9 Å². The number of nitrogens with two attached hydrogens (primary N) is 1. The van der Waals surface area contributed by atoms with Gasteiger partial charge in [0, 0.05) is 12.6 Å². The van der Waals surface area contributed by atoms with Crippen LogP contribution in [-0.2, 0) is 16.0 Å². The van der Waals surface area contributed by atoms with E-state index < -0.39 is 0 Å². The molecule has 1 aromatic carbocycles.